The van der Waals surface area contributed by atoms with E-state index in [2.05, 4.69) is 5.32 Å². The van der Waals surface area contributed by atoms with Crippen LogP contribution in [0.5, 0.6) is 0 Å². The molecule has 1 unspecified atom stereocenters. The molecule has 0 bridgehead atoms. The van der Waals surface area contributed by atoms with Crippen LogP contribution in [0.3, 0.4) is 0 Å². The Kier molecular flexibility index (Phi) is 6.42. The first kappa shape index (κ1) is 18.2. The maximum Gasteiger partial charge on any atom is 0.252 e. The van der Waals surface area contributed by atoms with Gasteiger partial charge in [-0.05, 0) is 26.0 Å². The molecule has 21 heavy (non-hydrogen) atoms. The quantitative estimate of drug-likeness (QED) is 0.813. The van der Waals surface area contributed by atoms with Crippen LogP contribution in [-0.2, 0) is 14.8 Å². The molecule has 0 fully saturated rings. The highest BCUT2D eigenvalue weighted by Crippen LogP contribution is 2.27. The first-order valence-corrected chi connectivity index (χ1v) is 8.38. The third kappa shape index (κ3) is 5.12. The molecule has 0 aliphatic carbocycles. The van der Waals surface area contributed by atoms with Crippen LogP contribution in [0.15, 0.2) is 17.0 Å². The third-order valence-corrected chi connectivity index (χ3v) is 4.26. The van der Waals surface area contributed by atoms with Crippen LogP contribution in [-0.4, -0.2) is 33.6 Å². The molecule has 0 radical (unpaired) electrons. The van der Waals surface area contributed by atoms with Crippen molar-refractivity contribution in [2.24, 2.45) is 5.14 Å². The van der Waals surface area contributed by atoms with Gasteiger partial charge in [-0.2, -0.15) is 0 Å². The molecule has 0 saturated carbocycles. The zero-order valence-corrected chi connectivity index (χ0v) is 13.8. The molecule has 3 N–H and O–H groups in total. The van der Waals surface area contributed by atoms with Gasteiger partial charge in [-0.3, -0.25) is 4.79 Å². The van der Waals surface area contributed by atoms with Gasteiger partial charge in [0.2, 0.25) is 10.0 Å². The Balaban J connectivity index is 3.00. The van der Waals surface area contributed by atoms with Gasteiger partial charge in [-0.1, -0.05) is 23.2 Å². The van der Waals surface area contributed by atoms with E-state index < -0.39 is 15.9 Å². The second kappa shape index (κ2) is 7.42. The first-order valence-electron chi connectivity index (χ1n) is 6.08. The van der Waals surface area contributed by atoms with E-state index in [1.165, 1.54) is 6.07 Å². The molecule has 9 heteroatoms. The molecule has 118 valence electrons. The van der Waals surface area contributed by atoms with E-state index in [9.17, 15) is 13.2 Å². The summed E-state index contributed by atoms with van der Waals surface area (Å²) in [7, 11) is -4.04. The van der Waals surface area contributed by atoms with E-state index in [4.69, 9.17) is 33.1 Å². The number of benzene rings is 1. The Bertz CT molecular complexity index is 634. The number of carbonyl (C=O) groups is 1. The van der Waals surface area contributed by atoms with Crippen molar-refractivity contribution < 1.29 is 17.9 Å². The number of carbonyl (C=O) groups excluding carboxylic acids is 1. The van der Waals surface area contributed by atoms with Crippen LogP contribution >= 0.6 is 23.2 Å². The number of nitrogens with one attached hydrogen (secondary N) is 1. The lowest BCUT2D eigenvalue weighted by Gasteiger charge is -2.14. The Morgan fingerprint density at radius 3 is 2.52 bits per heavy atom. The fourth-order valence-electron chi connectivity index (χ4n) is 1.60. The Morgan fingerprint density at radius 1 is 1.38 bits per heavy atom. The first-order chi connectivity index (χ1) is 9.66. The van der Waals surface area contributed by atoms with E-state index >= 15 is 0 Å². The van der Waals surface area contributed by atoms with Crippen molar-refractivity contribution in [3.8, 4) is 0 Å². The number of hydrogen-bond acceptors (Lipinski definition) is 4. The number of primary sulfonamides is 1. The molecule has 1 atom stereocenters. The van der Waals surface area contributed by atoms with E-state index in [0.717, 1.165) is 6.07 Å². The zero-order valence-electron chi connectivity index (χ0n) is 11.5. The van der Waals surface area contributed by atoms with Crippen molar-refractivity contribution in [1.82, 2.24) is 5.32 Å². The van der Waals surface area contributed by atoms with Gasteiger partial charge >= 0.3 is 0 Å². The molecule has 1 amide bonds. The highest BCUT2D eigenvalue weighted by Gasteiger charge is 2.20. The van der Waals surface area contributed by atoms with Crippen molar-refractivity contribution in [3.05, 3.63) is 27.7 Å². The monoisotopic (exact) mass is 354 g/mol. The number of halogens is 2. The lowest BCUT2D eigenvalue weighted by Crippen LogP contribution is -2.32. The standard InChI is InChI=1S/C12H16Cl2N2O4S/c1-3-20-7(2)6-16-12(17)8-4-11(21(15,18)19)10(14)5-9(8)13/h4-5,7H,3,6H2,1-2H3,(H,16,17)(H2,15,18,19). The van der Waals surface area contributed by atoms with Crippen molar-refractivity contribution >= 4 is 39.1 Å². The summed E-state index contributed by atoms with van der Waals surface area (Å²) in [4.78, 5) is 11.7. The van der Waals surface area contributed by atoms with Crippen LogP contribution in [0.4, 0.5) is 0 Å². The van der Waals surface area contributed by atoms with Crippen molar-refractivity contribution in [2.75, 3.05) is 13.2 Å². The van der Waals surface area contributed by atoms with Gasteiger partial charge in [0.05, 0.1) is 21.7 Å². The summed E-state index contributed by atoms with van der Waals surface area (Å²) in [5, 5.41) is 7.53. The topological polar surface area (TPSA) is 98.5 Å². The van der Waals surface area contributed by atoms with Gasteiger partial charge in [0.25, 0.3) is 5.91 Å². The van der Waals surface area contributed by atoms with Crippen molar-refractivity contribution in [1.29, 1.82) is 0 Å². The fourth-order valence-corrected chi connectivity index (χ4v) is 3.00. The molecule has 0 heterocycles. The number of ether oxygens (including phenoxy) is 1. The summed E-state index contributed by atoms with van der Waals surface area (Å²) in [5.74, 6) is -0.534. The van der Waals surface area contributed by atoms with Crippen LogP contribution < -0.4 is 10.5 Å². The van der Waals surface area contributed by atoms with Crippen LogP contribution in [0, 0.1) is 0 Å². The predicted molar refractivity (Wildman–Crippen MR) is 81.3 cm³/mol. The summed E-state index contributed by atoms with van der Waals surface area (Å²) < 4.78 is 28.1. The van der Waals surface area contributed by atoms with E-state index in [0.29, 0.717) is 6.61 Å². The number of hydrogen-bond donors (Lipinski definition) is 2. The Hall–Kier alpha value is -0.860. The molecular weight excluding hydrogens is 339 g/mol. The second-order valence-electron chi connectivity index (χ2n) is 4.28. The van der Waals surface area contributed by atoms with Crippen molar-refractivity contribution in [3.63, 3.8) is 0 Å². The normalized spacial score (nSPS) is 13.0. The molecule has 0 spiro atoms. The molecule has 0 aliphatic rings. The third-order valence-electron chi connectivity index (χ3n) is 2.57. The molecule has 1 aromatic rings. The predicted octanol–water partition coefficient (Wildman–Crippen LogP) is 1.80. The molecule has 1 aromatic carbocycles. The summed E-state index contributed by atoms with van der Waals surface area (Å²) in [6.07, 6.45) is -0.178. The summed E-state index contributed by atoms with van der Waals surface area (Å²) in [6, 6.07) is 2.23. The Labute approximate surface area is 133 Å². The van der Waals surface area contributed by atoms with Gasteiger partial charge in [0.15, 0.2) is 0 Å². The Morgan fingerprint density at radius 2 is 2.00 bits per heavy atom. The molecule has 0 saturated heterocycles. The molecule has 6 nitrogen and oxygen atoms in total. The van der Waals surface area contributed by atoms with E-state index in [1.807, 2.05) is 6.92 Å². The number of amides is 1. The number of nitrogens with two attached hydrogens (primary N) is 1. The maximum atomic E-state index is 12.0. The van der Waals surface area contributed by atoms with Gasteiger partial charge in [-0.15, -0.1) is 0 Å². The zero-order chi connectivity index (χ0) is 16.2. The minimum atomic E-state index is -4.04. The van der Waals surface area contributed by atoms with E-state index in [1.54, 1.807) is 6.92 Å². The average molecular weight is 355 g/mol. The minimum Gasteiger partial charge on any atom is -0.377 e. The average Bonchev–Trinajstić information content (AvgIpc) is 2.34. The largest absolute Gasteiger partial charge is 0.377 e. The van der Waals surface area contributed by atoms with Gasteiger partial charge in [-0.25, -0.2) is 13.6 Å². The smallest absolute Gasteiger partial charge is 0.252 e. The number of sulfonamides is 1. The minimum absolute atomic E-state index is 0.0196. The van der Waals surface area contributed by atoms with Gasteiger partial charge < -0.3 is 10.1 Å². The fraction of sp³-hybridized carbons (Fsp3) is 0.417. The lowest BCUT2D eigenvalue weighted by molar-refractivity contribution is 0.0695. The highest BCUT2D eigenvalue weighted by atomic mass is 35.5. The van der Waals surface area contributed by atoms with Crippen molar-refractivity contribution in [2.45, 2.75) is 24.8 Å². The summed E-state index contributed by atoms with van der Waals surface area (Å²) in [5.41, 5.74) is -0.0196. The summed E-state index contributed by atoms with van der Waals surface area (Å²) in [6.45, 7) is 4.42. The molecule has 0 aromatic heterocycles. The molecule has 0 aliphatic heterocycles. The maximum absolute atomic E-state index is 12.0. The van der Waals surface area contributed by atoms with Crippen LogP contribution in [0.25, 0.3) is 0 Å². The van der Waals surface area contributed by atoms with Gasteiger partial charge in [0, 0.05) is 13.2 Å². The molecular formula is C12H16Cl2N2O4S. The second-order valence-corrected chi connectivity index (χ2v) is 6.63. The summed E-state index contributed by atoms with van der Waals surface area (Å²) >= 11 is 11.7. The SMILES string of the molecule is CCOC(C)CNC(=O)c1cc(S(N)(=O)=O)c(Cl)cc1Cl. The highest BCUT2D eigenvalue weighted by molar-refractivity contribution is 7.89. The van der Waals surface area contributed by atoms with Gasteiger partial charge in [0.1, 0.15) is 4.90 Å². The lowest BCUT2D eigenvalue weighted by atomic mass is 10.2. The van der Waals surface area contributed by atoms with E-state index in [-0.39, 0.29) is 33.2 Å². The molecule has 1 rings (SSSR count). The van der Waals surface area contributed by atoms with Crippen LogP contribution in [0.2, 0.25) is 10.0 Å². The van der Waals surface area contributed by atoms with Crippen LogP contribution in [0.1, 0.15) is 24.2 Å². The number of rotatable bonds is 6.